The van der Waals surface area contributed by atoms with Crippen molar-refractivity contribution in [2.24, 2.45) is 0 Å². The molecular weight excluding hydrogens is 357 g/mol. The number of amides is 1. The molecule has 7 heteroatoms. The SMILES string of the molecule is O=C(Cc1ccccc1F)N1CCN(c2ccnc(N3CCCCC3)n2)CC1. The fraction of sp³-hybridized carbons (Fsp3) is 0.476. The van der Waals surface area contributed by atoms with Crippen LogP contribution in [0.3, 0.4) is 0 Å². The Balaban J connectivity index is 1.35. The minimum Gasteiger partial charge on any atom is -0.353 e. The van der Waals surface area contributed by atoms with Crippen LogP contribution in [0.1, 0.15) is 24.8 Å². The van der Waals surface area contributed by atoms with Crippen LogP contribution in [0.4, 0.5) is 16.2 Å². The standard InChI is InChI=1S/C21H26FN5O/c22-18-7-3-2-6-17(18)16-20(28)26-14-12-25(13-15-26)19-8-9-23-21(24-19)27-10-4-1-5-11-27/h2-3,6-9H,1,4-5,10-16H2. The van der Waals surface area contributed by atoms with Crippen molar-refractivity contribution in [2.75, 3.05) is 49.1 Å². The van der Waals surface area contributed by atoms with Gasteiger partial charge in [0.05, 0.1) is 6.42 Å². The van der Waals surface area contributed by atoms with E-state index in [1.165, 1.54) is 25.3 Å². The zero-order chi connectivity index (χ0) is 19.3. The van der Waals surface area contributed by atoms with Gasteiger partial charge in [-0.15, -0.1) is 0 Å². The fourth-order valence-corrected chi connectivity index (χ4v) is 3.86. The van der Waals surface area contributed by atoms with Crippen LogP contribution in [-0.2, 0) is 11.2 Å². The van der Waals surface area contributed by atoms with Gasteiger partial charge < -0.3 is 14.7 Å². The van der Waals surface area contributed by atoms with E-state index in [9.17, 15) is 9.18 Å². The highest BCUT2D eigenvalue weighted by atomic mass is 19.1. The Kier molecular flexibility index (Phi) is 5.69. The number of nitrogens with zero attached hydrogens (tertiary/aromatic N) is 5. The first-order valence-electron chi connectivity index (χ1n) is 10.0. The molecule has 3 heterocycles. The molecule has 0 radical (unpaired) electrons. The molecule has 2 aliphatic heterocycles. The summed E-state index contributed by atoms with van der Waals surface area (Å²) >= 11 is 0. The smallest absolute Gasteiger partial charge is 0.227 e. The Hall–Kier alpha value is -2.70. The lowest BCUT2D eigenvalue weighted by molar-refractivity contribution is -0.130. The number of anilines is 2. The molecule has 0 spiro atoms. The van der Waals surface area contributed by atoms with Crippen LogP contribution in [0.25, 0.3) is 0 Å². The van der Waals surface area contributed by atoms with Gasteiger partial charge in [0.1, 0.15) is 11.6 Å². The Morgan fingerprint density at radius 3 is 2.43 bits per heavy atom. The average molecular weight is 383 g/mol. The van der Waals surface area contributed by atoms with Crippen molar-refractivity contribution in [3.8, 4) is 0 Å². The summed E-state index contributed by atoms with van der Waals surface area (Å²) in [6.07, 6.45) is 5.59. The number of carbonyl (C=O) groups is 1. The second-order valence-electron chi connectivity index (χ2n) is 7.40. The summed E-state index contributed by atoms with van der Waals surface area (Å²) in [6, 6.07) is 8.41. The van der Waals surface area contributed by atoms with Crippen molar-refractivity contribution in [1.82, 2.24) is 14.9 Å². The molecule has 1 aromatic heterocycles. The predicted octanol–water partition coefficient (Wildman–Crippen LogP) is 2.50. The van der Waals surface area contributed by atoms with E-state index in [-0.39, 0.29) is 18.1 Å². The van der Waals surface area contributed by atoms with E-state index in [0.29, 0.717) is 18.7 Å². The number of rotatable bonds is 4. The van der Waals surface area contributed by atoms with Gasteiger partial charge in [-0.25, -0.2) is 9.37 Å². The second-order valence-corrected chi connectivity index (χ2v) is 7.40. The van der Waals surface area contributed by atoms with E-state index >= 15 is 0 Å². The lowest BCUT2D eigenvalue weighted by Gasteiger charge is -2.36. The van der Waals surface area contributed by atoms with Crippen LogP contribution in [-0.4, -0.2) is 60.0 Å². The third-order valence-electron chi connectivity index (χ3n) is 5.52. The van der Waals surface area contributed by atoms with Gasteiger partial charge in [0, 0.05) is 45.5 Å². The maximum Gasteiger partial charge on any atom is 0.227 e. The van der Waals surface area contributed by atoms with Gasteiger partial charge in [-0.2, -0.15) is 4.98 Å². The quantitative estimate of drug-likeness (QED) is 0.812. The van der Waals surface area contributed by atoms with Crippen molar-refractivity contribution in [3.63, 3.8) is 0 Å². The minimum atomic E-state index is -0.319. The number of hydrogen-bond acceptors (Lipinski definition) is 5. The molecule has 4 rings (SSSR count). The Labute approximate surface area is 165 Å². The van der Waals surface area contributed by atoms with E-state index in [4.69, 9.17) is 4.98 Å². The molecule has 2 aromatic rings. The molecule has 28 heavy (non-hydrogen) atoms. The van der Waals surface area contributed by atoms with E-state index in [0.717, 1.165) is 37.9 Å². The van der Waals surface area contributed by atoms with Crippen LogP contribution < -0.4 is 9.80 Å². The van der Waals surface area contributed by atoms with Gasteiger partial charge in [0.2, 0.25) is 11.9 Å². The number of piperazine rings is 1. The van der Waals surface area contributed by atoms with Gasteiger partial charge in [-0.1, -0.05) is 18.2 Å². The van der Waals surface area contributed by atoms with E-state index in [2.05, 4.69) is 14.8 Å². The number of benzene rings is 1. The molecule has 1 aromatic carbocycles. The summed E-state index contributed by atoms with van der Waals surface area (Å²) < 4.78 is 13.8. The number of hydrogen-bond donors (Lipinski definition) is 0. The number of aromatic nitrogens is 2. The Bertz CT molecular complexity index is 816. The number of halogens is 1. The summed E-state index contributed by atoms with van der Waals surface area (Å²) in [5.74, 6) is 1.37. The van der Waals surface area contributed by atoms with Crippen LogP contribution in [0.2, 0.25) is 0 Å². The molecule has 0 aliphatic carbocycles. The topological polar surface area (TPSA) is 52.6 Å². The maximum atomic E-state index is 13.8. The third kappa shape index (κ3) is 4.24. The van der Waals surface area contributed by atoms with Gasteiger partial charge in [-0.05, 0) is 37.0 Å². The number of carbonyl (C=O) groups excluding carboxylic acids is 1. The molecule has 148 valence electrons. The molecule has 2 saturated heterocycles. The summed E-state index contributed by atoms with van der Waals surface area (Å²) in [4.78, 5) is 28.0. The first-order valence-corrected chi connectivity index (χ1v) is 10.0. The predicted molar refractivity (Wildman–Crippen MR) is 107 cm³/mol. The lowest BCUT2D eigenvalue weighted by atomic mass is 10.1. The highest BCUT2D eigenvalue weighted by molar-refractivity contribution is 5.79. The maximum absolute atomic E-state index is 13.8. The molecule has 0 saturated carbocycles. The molecule has 0 bridgehead atoms. The molecule has 0 N–H and O–H groups in total. The Morgan fingerprint density at radius 2 is 1.68 bits per heavy atom. The van der Waals surface area contributed by atoms with Crippen LogP contribution in [0, 0.1) is 5.82 Å². The zero-order valence-corrected chi connectivity index (χ0v) is 16.1. The summed E-state index contributed by atoms with van der Waals surface area (Å²) in [7, 11) is 0. The molecule has 1 amide bonds. The molecule has 2 aliphatic rings. The molecule has 6 nitrogen and oxygen atoms in total. The zero-order valence-electron chi connectivity index (χ0n) is 16.1. The first-order chi connectivity index (χ1) is 13.7. The largest absolute Gasteiger partial charge is 0.353 e. The minimum absolute atomic E-state index is 0.0264. The molecule has 2 fully saturated rings. The van der Waals surface area contributed by atoms with Crippen LogP contribution >= 0.6 is 0 Å². The second kappa shape index (κ2) is 8.54. The van der Waals surface area contributed by atoms with E-state index in [1.807, 2.05) is 17.2 Å². The first kappa shape index (κ1) is 18.7. The highest BCUT2D eigenvalue weighted by Crippen LogP contribution is 2.20. The third-order valence-corrected chi connectivity index (χ3v) is 5.52. The van der Waals surface area contributed by atoms with Crippen LogP contribution in [0.15, 0.2) is 36.5 Å². The van der Waals surface area contributed by atoms with Crippen LogP contribution in [0.5, 0.6) is 0 Å². The highest BCUT2D eigenvalue weighted by Gasteiger charge is 2.23. The van der Waals surface area contributed by atoms with Gasteiger partial charge >= 0.3 is 0 Å². The van der Waals surface area contributed by atoms with Gasteiger partial charge in [0.15, 0.2) is 0 Å². The van der Waals surface area contributed by atoms with Crippen molar-refractivity contribution in [3.05, 3.63) is 47.9 Å². The van der Waals surface area contributed by atoms with Crippen molar-refractivity contribution in [2.45, 2.75) is 25.7 Å². The molecule has 0 unspecified atom stereocenters. The average Bonchev–Trinajstić information content (AvgIpc) is 2.76. The van der Waals surface area contributed by atoms with Crippen molar-refractivity contribution < 1.29 is 9.18 Å². The summed E-state index contributed by atoms with van der Waals surface area (Å²) in [5.41, 5.74) is 0.455. The van der Waals surface area contributed by atoms with Crippen molar-refractivity contribution in [1.29, 1.82) is 0 Å². The van der Waals surface area contributed by atoms with Gasteiger partial charge in [-0.3, -0.25) is 4.79 Å². The Morgan fingerprint density at radius 1 is 0.929 bits per heavy atom. The number of piperidine rings is 1. The summed E-state index contributed by atoms with van der Waals surface area (Å²) in [5, 5.41) is 0. The van der Waals surface area contributed by atoms with E-state index in [1.54, 1.807) is 18.2 Å². The normalized spacial score (nSPS) is 17.7. The summed E-state index contributed by atoms with van der Waals surface area (Å²) in [6.45, 7) is 4.72. The van der Waals surface area contributed by atoms with Crippen molar-refractivity contribution >= 4 is 17.7 Å². The molecular formula is C21H26FN5O. The van der Waals surface area contributed by atoms with Gasteiger partial charge in [0.25, 0.3) is 0 Å². The monoisotopic (exact) mass is 383 g/mol. The lowest BCUT2D eigenvalue weighted by Crippen LogP contribution is -2.49. The van der Waals surface area contributed by atoms with E-state index < -0.39 is 0 Å². The molecule has 0 atom stereocenters. The fourth-order valence-electron chi connectivity index (χ4n) is 3.86.